The van der Waals surface area contributed by atoms with Gasteiger partial charge in [0.05, 0.1) is 6.61 Å². The highest BCUT2D eigenvalue weighted by Gasteiger charge is 2.02. The maximum Gasteiger partial charge on any atom is 0.119 e. The summed E-state index contributed by atoms with van der Waals surface area (Å²) in [5, 5.41) is 3.55. The zero-order chi connectivity index (χ0) is 13.2. The minimum atomic E-state index is 0.567. The second kappa shape index (κ2) is 9.29. The SMILES string of the molecule is CCCOc1cccc(CNC(C)CCSC)c1. The van der Waals surface area contributed by atoms with Gasteiger partial charge in [-0.2, -0.15) is 11.8 Å². The Bertz CT molecular complexity index is 330. The summed E-state index contributed by atoms with van der Waals surface area (Å²) in [5.74, 6) is 2.20. The molecule has 0 amide bonds. The monoisotopic (exact) mass is 267 g/mol. The summed E-state index contributed by atoms with van der Waals surface area (Å²) in [6, 6.07) is 8.93. The van der Waals surface area contributed by atoms with Gasteiger partial charge in [-0.15, -0.1) is 0 Å². The Balaban J connectivity index is 2.37. The minimum Gasteiger partial charge on any atom is -0.494 e. The van der Waals surface area contributed by atoms with Crippen LogP contribution >= 0.6 is 11.8 Å². The number of nitrogens with one attached hydrogen (secondary N) is 1. The van der Waals surface area contributed by atoms with Gasteiger partial charge in [0.1, 0.15) is 5.75 Å². The van der Waals surface area contributed by atoms with Crippen LogP contribution in [0.3, 0.4) is 0 Å². The van der Waals surface area contributed by atoms with Crippen molar-refractivity contribution in [1.29, 1.82) is 0 Å². The van der Waals surface area contributed by atoms with E-state index in [1.54, 1.807) is 0 Å². The summed E-state index contributed by atoms with van der Waals surface area (Å²) in [4.78, 5) is 0. The molecule has 0 aliphatic carbocycles. The summed E-state index contributed by atoms with van der Waals surface area (Å²) in [7, 11) is 0. The zero-order valence-electron chi connectivity index (χ0n) is 11.7. The van der Waals surface area contributed by atoms with Crippen molar-refractivity contribution in [2.24, 2.45) is 0 Å². The van der Waals surface area contributed by atoms with E-state index in [1.165, 1.54) is 17.7 Å². The molecule has 0 radical (unpaired) electrons. The Morgan fingerprint density at radius 1 is 1.39 bits per heavy atom. The third kappa shape index (κ3) is 6.31. The van der Waals surface area contributed by atoms with Gasteiger partial charge in [-0.1, -0.05) is 19.1 Å². The molecular weight excluding hydrogens is 242 g/mol. The molecule has 1 unspecified atom stereocenters. The molecule has 102 valence electrons. The lowest BCUT2D eigenvalue weighted by Crippen LogP contribution is -2.25. The Morgan fingerprint density at radius 3 is 2.94 bits per heavy atom. The summed E-state index contributed by atoms with van der Waals surface area (Å²) < 4.78 is 5.64. The molecule has 0 bridgehead atoms. The van der Waals surface area contributed by atoms with Crippen molar-refractivity contribution in [1.82, 2.24) is 5.32 Å². The van der Waals surface area contributed by atoms with Crippen molar-refractivity contribution >= 4 is 11.8 Å². The maximum atomic E-state index is 5.64. The van der Waals surface area contributed by atoms with Crippen LogP contribution in [0.5, 0.6) is 5.75 Å². The molecular formula is C15H25NOS. The van der Waals surface area contributed by atoms with Gasteiger partial charge >= 0.3 is 0 Å². The van der Waals surface area contributed by atoms with Crippen molar-refractivity contribution in [2.75, 3.05) is 18.6 Å². The van der Waals surface area contributed by atoms with Gasteiger partial charge < -0.3 is 10.1 Å². The molecule has 1 aromatic carbocycles. The molecule has 0 heterocycles. The van der Waals surface area contributed by atoms with Crippen LogP contribution < -0.4 is 10.1 Å². The molecule has 1 atom stereocenters. The van der Waals surface area contributed by atoms with Crippen molar-refractivity contribution in [3.05, 3.63) is 29.8 Å². The largest absolute Gasteiger partial charge is 0.494 e. The van der Waals surface area contributed by atoms with E-state index < -0.39 is 0 Å². The van der Waals surface area contributed by atoms with Crippen molar-refractivity contribution in [3.8, 4) is 5.75 Å². The van der Waals surface area contributed by atoms with Crippen LogP contribution in [0.2, 0.25) is 0 Å². The first-order valence-corrected chi connectivity index (χ1v) is 8.09. The quantitative estimate of drug-likeness (QED) is 0.737. The fraction of sp³-hybridized carbons (Fsp3) is 0.600. The van der Waals surface area contributed by atoms with E-state index in [-0.39, 0.29) is 0 Å². The van der Waals surface area contributed by atoms with E-state index in [9.17, 15) is 0 Å². The molecule has 1 rings (SSSR count). The van der Waals surface area contributed by atoms with E-state index in [0.29, 0.717) is 6.04 Å². The van der Waals surface area contributed by atoms with Gasteiger partial charge in [0.25, 0.3) is 0 Å². The summed E-state index contributed by atoms with van der Waals surface area (Å²) in [6.45, 7) is 6.08. The fourth-order valence-corrected chi connectivity index (χ4v) is 2.24. The number of hydrogen-bond donors (Lipinski definition) is 1. The highest BCUT2D eigenvalue weighted by atomic mass is 32.2. The van der Waals surface area contributed by atoms with E-state index in [0.717, 1.165) is 25.3 Å². The molecule has 18 heavy (non-hydrogen) atoms. The van der Waals surface area contributed by atoms with Crippen LogP contribution in [0.15, 0.2) is 24.3 Å². The van der Waals surface area contributed by atoms with Gasteiger partial charge in [-0.3, -0.25) is 0 Å². The van der Waals surface area contributed by atoms with Crippen LogP contribution in [0.4, 0.5) is 0 Å². The Labute approximate surface area is 116 Å². The highest BCUT2D eigenvalue weighted by molar-refractivity contribution is 7.98. The average molecular weight is 267 g/mol. The molecule has 0 saturated heterocycles. The van der Waals surface area contributed by atoms with Crippen LogP contribution in [-0.4, -0.2) is 24.7 Å². The third-order valence-electron chi connectivity index (χ3n) is 2.78. The number of benzene rings is 1. The third-order valence-corrected chi connectivity index (χ3v) is 3.42. The number of hydrogen-bond acceptors (Lipinski definition) is 3. The Kier molecular flexibility index (Phi) is 7.94. The van der Waals surface area contributed by atoms with Gasteiger partial charge in [0.2, 0.25) is 0 Å². The molecule has 2 nitrogen and oxygen atoms in total. The van der Waals surface area contributed by atoms with Crippen molar-refractivity contribution in [3.63, 3.8) is 0 Å². The number of thioether (sulfide) groups is 1. The number of rotatable bonds is 9. The number of ether oxygens (including phenoxy) is 1. The lowest BCUT2D eigenvalue weighted by molar-refractivity contribution is 0.317. The van der Waals surface area contributed by atoms with Gasteiger partial charge in [-0.05, 0) is 49.5 Å². The molecule has 0 aliphatic rings. The van der Waals surface area contributed by atoms with Gasteiger partial charge in [-0.25, -0.2) is 0 Å². The molecule has 0 aromatic heterocycles. The Morgan fingerprint density at radius 2 is 2.22 bits per heavy atom. The standard InChI is InChI=1S/C15H25NOS/c1-4-9-17-15-7-5-6-14(11-15)12-16-13(2)8-10-18-3/h5-7,11,13,16H,4,8-10,12H2,1-3H3. The second-order valence-electron chi connectivity index (χ2n) is 4.56. The predicted octanol–water partition coefficient (Wildman–Crippen LogP) is 3.71. The molecule has 3 heteroatoms. The van der Waals surface area contributed by atoms with Crippen molar-refractivity contribution in [2.45, 2.75) is 39.3 Å². The van der Waals surface area contributed by atoms with Gasteiger partial charge in [0.15, 0.2) is 0 Å². The average Bonchev–Trinajstić information content (AvgIpc) is 2.41. The summed E-state index contributed by atoms with van der Waals surface area (Å²) in [6.07, 6.45) is 4.42. The van der Waals surface area contributed by atoms with Crippen molar-refractivity contribution < 1.29 is 4.74 Å². The molecule has 0 aliphatic heterocycles. The second-order valence-corrected chi connectivity index (χ2v) is 5.54. The highest BCUT2D eigenvalue weighted by Crippen LogP contribution is 2.13. The normalized spacial score (nSPS) is 12.4. The predicted molar refractivity (Wildman–Crippen MR) is 81.5 cm³/mol. The lowest BCUT2D eigenvalue weighted by Gasteiger charge is -2.13. The lowest BCUT2D eigenvalue weighted by atomic mass is 10.2. The maximum absolute atomic E-state index is 5.64. The topological polar surface area (TPSA) is 21.3 Å². The zero-order valence-corrected chi connectivity index (χ0v) is 12.6. The van der Waals surface area contributed by atoms with Crippen LogP contribution in [-0.2, 0) is 6.54 Å². The summed E-state index contributed by atoms with van der Waals surface area (Å²) in [5.41, 5.74) is 1.29. The fourth-order valence-electron chi connectivity index (χ4n) is 1.65. The molecule has 0 saturated carbocycles. The van der Waals surface area contributed by atoms with E-state index in [1.807, 2.05) is 17.8 Å². The smallest absolute Gasteiger partial charge is 0.119 e. The van der Waals surface area contributed by atoms with Crippen LogP contribution in [0.25, 0.3) is 0 Å². The minimum absolute atomic E-state index is 0.567. The Hall–Kier alpha value is -0.670. The first kappa shape index (κ1) is 15.4. The first-order chi connectivity index (χ1) is 8.76. The van der Waals surface area contributed by atoms with E-state index in [4.69, 9.17) is 4.74 Å². The van der Waals surface area contributed by atoms with E-state index >= 15 is 0 Å². The molecule has 0 fully saturated rings. The van der Waals surface area contributed by atoms with Crippen LogP contribution in [0, 0.1) is 0 Å². The molecule has 1 N–H and O–H groups in total. The first-order valence-electron chi connectivity index (χ1n) is 6.70. The van der Waals surface area contributed by atoms with E-state index in [2.05, 4.69) is 43.6 Å². The summed E-state index contributed by atoms with van der Waals surface area (Å²) >= 11 is 1.90. The molecule has 0 spiro atoms. The molecule has 1 aromatic rings. The van der Waals surface area contributed by atoms with Crippen LogP contribution in [0.1, 0.15) is 32.3 Å². The van der Waals surface area contributed by atoms with Gasteiger partial charge in [0, 0.05) is 12.6 Å².